The molecule has 0 spiro atoms. The molecule has 1 heterocycles. The Morgan fingerprint density at radius 3 is 2.62 bits per heavy atom. The summed E-state index contributed by atoms with van der Waals surface area (Å²) in [7, 11) is -3.69. The number of carbonyl (C=O) groups excluding carboxylic acids is 1. The van der Waals surface area contributed by atoms with Crippen molar-refractivity contribution in [1.82, 2.24) is 4.98 Å². The minimum atomic E-state index is -3.69. The number of benzene rings is 1. The Bertz CT molecular complexity index is 854. The topological polar surface area (TPSA) is 76.1 Å². The van der Waals surface area contributed by atoms with Crippen LogP contribution in [0.2, 0.25) is 0 Å². The Morgan fingerprint density at radius 1 is 1.25 bits per heavy atom. The third-order valence-electron chi connectivity index (χ3n) is 4.02. The first-order valence-electron chi connectivity index (χ1n) is 8.03. The minimum Gasteiger partial charge on any atom is -0.293 e. The maximum absolute atomic E-state index is 12.5. The molecule has 1 aliphatic carbocycles. The number of aromatic nitrogens is 1. The number of thiazole rings is 1. The number of nitrogens with one attached hydrogen (secondary N) is 1. The highest BCUT2D eigenvalue weighted by atomic mass is 32.2. The molecular weight excluding hydrogens is 344 g/mol. The van der Waals surface area contributed by atoms with Crippen molar-refractivity contribution >= 4 is 32.3 Å². The van der Waals surface area contributed by atoms with Crippen molar-refractivity contribution in [3.8, 4) is 0 Å². The Kier molecular flexibility index (Phi) is 4.73. The molecular formula is C17H20N2O3S2. The van der Waals surface area contributed by atoms with Crippen LogP contribution in [0.1, 0.15) is 47.6 Å². The van der Waals surface area contributed by atoms with Gasteiger partial charge in [0.1, 0.15) is 0 Å². The van der Waals surface area contributed by atoms with Crippen LogP contribution in [0.3, 0.4) is 0 Å². The van der Waals surface area contributed by atoms with Crippen molar-refractivity contribution in [2.75, 3.05) is 4.72 Å². The fourth-order valence-corrected chi connectivity index (χ4v) is 5.04. The molecule has 1 aliphatic rings. The molecule has 1 N–H and O–H groups in total. The number of anilines is 1. The first kappa shape index (κ1) is 17.1. The van der Waals surface area contributed by atoms with E-state index in [2.05, 4.69) is 16.6 Å². The smallest absolute Gasteiger partial charge is 0.263 e. The summed E-state index contributed by atoms with van der Waals surface area (Å²) >= 11 is 1.13. The van der Waals surface area contributed by atoms with Crippen molar-refractivity contribution in [3.63, 3.8) is 0 Å². The van der Waals surface area contributed by atoms with Crippen molar-refractivity contribution in [2.45, 2.75) is 44.4 Å². The Labute approximate surface area is 146 Å². The van der Waals surface area contributed by atoms with Crippen molar-refractivity contribution in [3.05, 3.63) is 40.4 Å². The largest absolute Gasteiger partial charge is 0.293 e. The third-order valence-corrected chi connectivity index (χ3v) is 6.56. The molecule has 0 saturated carbocycles. The molecule has 3 rings (SSSR count). The van der Waals surface area contributed by atoms with Crippen LogP contribution in [0, 0.1) is 5.92 Å². The predicted molar refractivity (Wildman–Crippen MR) is 95.2 cm³/mol. The lowest BCUT2D eigenvalue weighted by Gasteiger charge is -2.14. The van der Waals surface area contributed by atoms with Crippen LogP contribution in [0.4, 0.5) is 5.13 Å². The summed E-state index contributed by atoms with van der Waals surface area (Å²) < 4.78 is 27.5. The maximum Gasteiger partial charge on any atom is 0.263 e. The number of hydrogen-bond donors (Lipinski definition) is 1. The predicted octanol–water partition coefficient (Wildman–Crippen LogP) is 3.66. The van der Waals surface area contributed by atoms with Gasteiger partial charge in [-0.1, -0.05) is 43.7 Å². The molecule has 1 unspecified atom stereocenters. The third kappa shape index (κ3) is 3.52. The fraction of sp³-hybridized carbons (Fsp3) is 0.412. The average molecular weight is 364 g/mol. The van der Waals surface area contributed by atoms with E-state index in [1.807, 2.05) is 19.1 Å². The van der Waals surface area contributed by atoms with Gasteiger partial charge in [-0.05, 0) is 36.5 Å². The molecule has 7 heteroatoms. The zero-order valence-electron chi connectivity index (χ0n) is 13.7. The van der Waals surface area contributed by atoms with Crippen LogP contribution in [-0.2, 0) is 22.9 Å². The fourth-order valence-electron chi connectivity index (χ4n) is 2.86. The van der Waals surface area contributed by atoms with Gasteiger partial charge in [0.15, 0.2) is 10.9 Å². The summed E-state index contributed by atoms with van der Waals surface area (Å²) in [6.07, 6.45) is 3.15. The number of Topliss-reactive ketones (excluding diaryl/α,β-unsaturated/α-hetero) is 1. The zero-order valence-corrected chi connectivity index (χ0v) is 15.3. The van der Waals surface area contributed by atoms with E-state index in [0.29, 0.717) is 23.4 Å². The number of hydrogen-bond acceptors (Lipinski definition) is 5. The van der Waals surface area contributed by atoms with Gasteiger partial charge >= 0.3 is 0 Å². The second kappa shape index (κ2) is 6.64. The molecule has 0 aliphatic heterocycles. The lowest BCUT2D eigenvalue weighted by molar-refractivity contribution is 0.0957. The summed E-state index contributed by atoms with van der Waals surface area (Å²) in [6, 6.07) is 6.87. The normalized spacial score (nSPS) is 17.6. The Balaban J connectivity index is 1.82. The summed E-state index contributed by atoms with van der Waals surface area (Å²) in [4.78, 5) is 17.1. The molecule has 0 bridgehead atoms. The van der Waals surface area contributed by atoms with Crippen LogP contribution in [0.15, 0.2) is 29.2 Å². The molecule has 2 aromatic rings. The molecule has 0 fully saturated rings. The maximum atomic E-state index is 12.5. The van der Waals surface area contributed by atoms with Crippen LogP contribution < -0.4 is 4.72 Å². The van der Waals surface area contributed by atoms with Crippen molar-refractivity contribution in [2.24, 2.45) is 5.92 Å². The molecule has 24 heavy (non-hydrogen) atoms. The number of sulfonamides is 1. The number of fused-ring (bicyclic) bond motifs is 1. The standard InChI is InChI=1S/C17H20N2O3S2/c1-3-4-12-5-7-13(8-6-12)24(21,22)19-17-18-14-9-11(2)10-15(20)16(14)23-17/h5-8,11H,3-4,9-10H2,1-2H3,(H,18,19). The van der Waals surface area contributed by atoms with Crippen LogP contribution in [0.25, 0.3) is 0 Å². The molecule has 0 saturated heterocycles. The monoisotopic (exact) mass is 364 g/mol. The van der Waals surface area contributed by atoms with E-state index in [4.69, 9.17) is 0 Å². The van der Waals surface area contributed by atoms with E-state index < -0.39 is 10.0 Å². The lowest BCUT2D eigenvalue weighted by Crippen LogP contribution is -2.16. The number of aryl methyl sites for hydroxylation is 1. The second-order valence-corrected chi connectivity index (χ2v) is 8.91. The van der Waals surface area contributed by atoms with E-state index in [0.717, 1.165) is 29.7 Å². The van der Waals surface area contributed by atoms with Crippen LogP contribution in [0.5, 0.6) is 0 Å². The van der Waals surface area contributed by atoms with Gasteiger partial charge in [0.25, 0.3) is 10.0 Å². The van der Waals surface area contributed by atoms with Gasteiger partial charge in [-0.3, -0.25) is 9.52 Å². The summed E-state index contributed by atoms with van der Waals surface area (Å²) in [6.45, 7) is 4.08. The number of nitrogens with zero attached hydrogens (tertiary/aromatic N) is 1. The van der Waals surface area contributed by atoms with Gasteiger partial charge in [0.05, 0.1) is 15.5 Å². The van der Waals surface area contributed by atoms with Gasteiger partial charge in [-0.25, -0.2) is 13.4 Å². The lowest BCUT2D eigenvalue weighted by atomic mass is 9.92. The highest BCUT2D eigenvalue weighted by molar-refractivity contribution is 7.93. The van der Waals surface area contributed by atoms with Gasteiger partial charge in [0, 0.05) is 6.42 Å². The SMILES string of the molecule is CCCc1ccc(S(=O)(=O)Nc2nc3c(s2)C(=O)CC(C)C3)cc1. The van der Waals surface area contributed by atoms with Crippen molar-refractivity contribution < 1.29 is 13.2 Å². The molecule has 1 aromatic heterocycles. The van der Waals surface area contributed by atoms with E-state index in [-0.39, 0.29) is 21.7 Å². The molecule has 1 aromatic carbocycles. The first-order chi connectivity index (χ1) is 11.4. The van der Waals surface area contributed by atoms with E-state index in [1.165, 1.54) is 0 Å². The van der Waals surface area contributed by atoms with Gasteiger partial charge in [-0.15, -0.1) is 0 Å². The molecule has 0 radical (unpaired) electrons. The van der Waals surface area contributed by atoms with Gasteiger partial charge in [0.2, 0.25) is 0 Å². The van der Waals surface area contributed by atoms with Crippen LogP contribution >= 0.6 is 11.3 Å². The zero-order chi connectivity index (χ0) is 17.3. The Morgan fingerprint density at radius 2 is 1.96 bits per heavy atom. The molecule has 1 atom stereocenters. The summed E-state index contributed by atoms with van der Waals surface area (Å²) in [5.41, 5.74) is 1.82. The number of carbonyl (C=O) groups is 1. The number of ketones is 1. The summed E-state index contributed by atoms with van der Waals surface area (Å²) in [5, 5.41) is 0.264. The molecule has 5 nitrogen and oxygen atoms in total. The summed E-state index contributed by atoms with van der Waals surface area (Å²) in [5.74, 6) is 0.304. The highest BCUT2D eigenvalue weighted by Crippen LogP contribution is 2.32. The van der Waals surface area contributed by atoms with E-state index in [1.54, 1.807) is 12.1 Å². The quantitative estimate of drug-likeness (QED) is 0.878. The van der Waals surface area contributed by atoms with E-state index >= 15 is 0 Å². The van der Waals surface area contributed by atoms with Crippen molar-refractivity contribution in [1.29, 1.82) is 0 Å². The van der Waals surface area contributed by atoms with E-state index in [9.17, 15) is 13.2 Å². The molecule has 0 amide bonds. The minimum absolute atomic E-state index is 0.0515. The van der Waals surface area contributed by atoms with Crippen LogP contribution in [-0.4, -0.2) is 19.2 Å². The molecule has 128 valence electrons. The number of rotatable bonds is 5. The van der Waals surface area contributed by atoms with Gasteiger partial charge < -0.3 is 0 Å². The Hall–Kier alpha value is -1.73. The van der Waals surface area contributed by atoms with Gasteiger partial charge in [-0.2, -0.15) is 0 Å². The highest BCUT2D eigenvalue weighted by Gasteiger charge is 2.27. The first-order valence-corrected chi connectivity index (χ1v) is 10.3. The second-order valence-electron chi connectivity index (χ2n) is 6.23. The average Bonchev–Trinajstić information content (AvgIpc) is 2.90.